The zero-order valence-electron chi connectivity index (χ0n) is 19.5. The van der Waals surface area contributed by atoms with Crippen molar-refractivity contribution in [1.82, 2.24) is 4.90 Å². The Morgan fingerprint density at radius 3 is 2.17 bits per heavy atom. The maximum absolute atomic E-state index is 12.8. The van der Waals surface area contributed by atoms with Gasteiger partial charge in [0.25, 0.3) is 0 Å². The van der Waals surface area contributed by atoms with Gasteiger partial charge in [-0.1, -0.05) is 20.8 Å². The van der Waals surface area contributed by atoms with Gasteiger partial charge in [-0.2, -0.15) is 5.06 Å². The highest BCUT2D eigenvalue weighted by Crippen LogP contribution is 2.40. The molecule has 0 saturated carbocycles. The van der Waals surface area contributed by atoms with E-state index in [1.807, 2.05) is 39.0 Å². The van der Waals surface area contributed by atoms with Crippen molar-refractivity contribution >= 4 is 25.8 Å². The highest BCUT2D eigenvalue weighted by atomic mass is 28.4. The van der Waals surface area contributed by atoms with Crippen LogP contribution < -0.4 is 15.2 Å². The lowest BCUT2D eigenvalue weighted by Gasteiger charge is -2.39. The molecule has 0 bridgehead atoms. The minimum Gasteiger partial charge on any atom is -0.543 e. The van der Waals surface area contributed by atoms with Crippen LogP contribution in [0.4, 0.5) is 16.2 Å². The molecule has 1 aromatic rings. The summed E-state index contributed by atoms with van der Waals surface area (Å²) in [5, 5.41) is 1.71. The van der Waals surface area contributed by atoms with Crippen LogP contribution in [0, 0.1) is 0 Å². The predicted molar refractivity (Wildman–Crippen MR) is 123 cm³/mol. The van der Waals surface area contributed by atoms with Gasteiger partial charge in [0.1, 0.15) is 11.4 Å². The van der Waals surface area contributed by atoms with Gasteiger partial charge in [-0.05, 0) is 70.3 Å². The van der Waals surface area contributed by atoms with E-state index in [4.69, 9.17) is 15.0 Å². The van der Waals surface area contributed by atoms with Crippen molar-refractivity contribution in [3.05, 3.63) is 18.2 Å². The van der Waals surface area contributed by atoms with Crippen molar-refractivity contribution in [3.8, 4) is 5.75 Å². The number of hydroxylamine groups is 1. The monoisotopic (exact) mass is 421 g/mol. The number of likely N-dealkylation sites (tertiary alicyclic amines) is 1. The van der Waals surface area contributed by atoms with E-state index in [1.165, 1.54) is 0 Å². The van der Waals surface area contributed by atoms with Crippen molar-refractivity contribution in [2.75, 3.05) is 23.9 Å². The van der Waals surface area contributed by atoms with Crippen LogP contribution >= 0.6 is 0 Å². The number of benzene rings is 1. The normalized spacial score (nSPS) is 15.8. The number of carbonyl (C=O) groups is 1. The molecule has 0 unspecified atom stereocenters. The summed E-state index contributed by atoms with van der Waals surface area (Å²) in [4.78, 5) is 20.4. The molecule has 1 heterocycles. The van der Waals surface area contributed by atoms with Crippen molar-refractivity contribution in [2.24, 2.45) is 0 Å². The quantitative estimate of drug-likeness (QED) is 0.378. The first kappa shape index (κ1) is 23.4. The van der Waals surface area contributed by atoms with E-state index in [-0.39, 0.29) is 11.1 Å². The van der Waals surface area contributed by atoms with Crippen LogP contribution in [0.25, 0.3) is 0 Å². The molecule has 1 aliphatic heterocycles. The first-order valence-corrected chi connectivity index (χ1v) is 13.5. The Balaban J connectivity index is 2.32. The van der Waals surface area contributed by atoms with Crippen LogP contribution in [0.2, 0.25) is 18.1 Å². The zero-order chi connectivity index (χ0) is 22.0. The van der Waals surface area contributed by atoms with Crippen molar-refractivity contribution in [3.63, 3.8) is 0 Å². The molecule has 2 rings (SSSR count). The number of rotatable bonds is 4. The third kappa shape index (κ3) is 5.81. The lowest BCUT2D eigenvalue weighted by molar-refractivity contribution is 0.0645. The first-order chi connectivity index (χ1) is 13.2. The van der Waals surface area contributed by atoms with E-state index in [1.54, 1.807) is 9.96 Å². The molecule has 1 amide bonds. The third-order valence-electron chi connectivity index (χ3n) is 5.79. The Kier molecular flexibility index (Phi) is 6.82. The van der Waals surface area contributed by atoms with Gasteiger partial charge in [-0.15, -0.1) is 0 Å². The number of nitrogens with two attached hydrogens (primary N) is 1. The SMILES string of the molecule is CC(C)(C)N(OC(=O)N1CCCCC1)c1cc(O[Si](C)(C)C(C)(C)C)ccc1N. The van der Waals surface area contributed by atoms with Gasteiger partial charge in [0, 0.05) is 19.2 Å². The zero-order valence-corrected chi connectivity index (χ0v) is 20.5. The highest BCUT2D eigenvalue weighted by molar-refractivity contribution is 6.74. The second-order valence-corrected chi connectivity index (χ2v) is 15.2. The number of piperidine rings is 1. The summed E-state index contributed by atoms with van der Waals surface area (Å²) in [5.74, 6) is 0.754. The Morgan fingerprint density at radius 2 is 1.66 bits per heavy atom. The van der Waals surface area contributed by atoms with Gasteiger partial charge < -0.3 is 19.9 Å². The molecule has 0 radical (unpaired) electrons. The molecule has 1 saturated heterocycles. The summed E-state index contributed by atoms with van der Waals surface area (Å²) in [6.07, 6.45) is 2.87. The molecule has 1 aliphatic rings. The average molecular weight is 422 g/mol. The molecule has 0 spiro atoms. The van der Waals surface area contributed by atoms with E-state index in [2.05, 4.69) is 33.9 Å². The van der Waals surface area contributed by atoms with Crippen LogP contribution in [-0.4, -0.2) is 37.9 Å². The third-order valence-corrected chi connectivity index (χ3v) is 10.2. The van der Waals surface area contributed by atoms with E-state index in [0.717, 1.165) is 38.1 Å². The van der Waals surface area contributed by atoms with Crippen LogP contribution in [0.1, 0.15) is 60.8 Å². The largest absolute Gasteiger partial charge is 0.543 e. The van der Waals surface area contributed by atoms with Crippen molar-refractivity contribution < 1.29 is 14.1 Å². The first-order valence-electron chi connectivity index (χ1n) is 10.6. The van der Waals surface area contributed by atoms with E-state index >= 15 is 0 Å². The second-order valence-electron chi connectivity index (χ2n) is 10.5. The topological polar surface area (TPSA) is 68.0 Å². The van der Waals surface area contributed by atoms with Crippen molar-refractivity contribution in [1.29, 1.82) is 0 Å². The molecule has 164 valence electrons. The molecule has 2 N–H and O–H groups in total. The lowest BCUT2D eigenvalue weighted by Crippen LogP contribution is -2.47. The molecule has 1 aromatic carbocycles. The number of nitrogens with zero attached hydrogens (tertiary/aromatic N) is 2. The lowest BCUT2D eigenvalue weighted by atomic mass is 10.1. The van der Waals surface area contributed by atoms with Gasteiger partial charge >= 0.3 is 6.09 Å². The standard InChI is InChI=1S/C22H39N3O3Si/c1-21(2,3)25(27-20(26)24-14-10-9-11-15-24)19-16-17(12-13-18(19)23)28-29(7,8)22(4,5)6/h12-13,16H,9-11,14-15,23H2,1-8H3. The summed E-state index contributed by atoms with van der Waals surface area (Å²) in [6, 6.07) is 5.61. The predicted octanol–water partition coefficient (Wildman–Crippen LogP) is 5.80. The van der Waals surface area contributed by atoms with Gasteiger partial charge in [-0.25, -0.2) is 4.79 Å². The van der Waals surface area contributed by atoms with Gasteiger partial charge in [0.15, 0.2) is 0 Å². The molecule has 7 heteroatoms. The van der Waals surface area contributed by atoms with Crippen LogP contribution in [-0.2, 0) is 4.84 Å². The fourth-order valence-corrected chi connectivity index (χ4v) is 3.99. The summed E-state index contributed by atoms with van der Waals surface area (Å²) in [7, 11) is -2.00. The summed E-state index contributed by atoms with van der Waals surface area (Å²) in [6.45, 7) is 18.5. The number of anilines is 2. The molecular formula is C22H39N3O3Si. The number of nitrogen functional groups attached to an aromatic ring is 1. The van der Waals surface area contributed by atoms with Crippen molar-refractivity contribution in [2.45, 2.75) is 84.5 Å². The Hall–Kier alpha value is -1.89. The van der Waals surface area contributed by atoms with Gasteiger partial charge in [0.05, 0.1) is 11.2 Å². The van der Waals surface area contributed by atoms with E-state index < -0.39 is 13.9 Å². The Labute approximate surface area is 177 Å². The van der Waals surface area contributed by atoms with Crippen LogP contribution in [0.5, 0.6) is 5.75 Å². The molecule has 29 heavy (non-hydrogen) atoms. The fraction of sp³-hybridized carbons (Fsp3) is 0.682. The number of hydrogen-bond donors (Lipinski definition) is 1. The number of hydrogen-bond acceptors (Lipinski definition) is 5. The van der Waals surface area contributed by atoms with E-state index in [9.17, 15) is 4.79 Å². The summed E-state index contributed by atoms with van der Waals surface area (Å²) >= 11 is 0. The smallest absolute Gasteiger partial charge is 0.434 e. The molecule has 0 aliphatic carbocycles. The molecule has 6 nitrogen and oxygen atoms in total. The average Bonchev–Trinajstić information content (AvgIpc) is 2.60. The molecule has 0 atom stereocenters. The highest BCUT2D eigenvalue weighted by Gasteiger charge is 2.39. The Bertz CT molecular complexity index is 717. The molecule has 0 aromatic heterocycles. The van der Waals surface area contributed by atoms with Crippen LogP contribution in [0.3, 0.4) is 0 Å². The number of carbonyl (C=O) groups excluding carboxylic acids is 1. The summed E-state index contributed by atoms with van der Waals surface area (Å²) in [5.41, 5.74) is 7.04. The minimum absolute atomic E-state index is 0.0823. The molecular weight excluding hydrogens is 382 g/mol. The minimum atomic E-state index is -2.00. The summed E-state index contributed by atoms with van der Waals surface area (Å²) < 4.78 is 6.45. The Morgan fingerprint density at radius 1 is 1.07 bits per heavy atom. The van der Waals surface area contributed by atoms with E-state index in [0.29, 0.717) is 11.4 Å². The van der Waals surface area contributed by atoms with Gasteiger partial charge in [0.2, 0.25) is 8.32 Å². The number of amides is 1. The van der Waals surface area contributed by atoms with Crippen LogP contribution in [0.15, 0.2) is 18.2 Å². The maximum Gasteiger partial charge on any atom is 0.434 e. The maximum atomic E-state index is 12.8. The second kappa shape index (κ2) is 8.46. The van der Waals surface area contributed by atoms with Gasteiger partial charge in [-0.3, -0.25) is 0 Å². The fourth-order valence-electron chi connectivity index (χ4n) is 2.97. The molecule has 1 fully saturated rings.